The molecule has 6 heteroatoms. The highest BCUT2D eigenvalue weighted by molar-refractivity contribution is 6.30. The molecular weight excluding hydrogens is 292 g/mol. The van der Waals surface area contributed by atoms with Gasteiger partial charge in [0, 0.05) is 29.2 Å². The van der Waals surface area contributed by atoms with Crippen molar-refractivity contribution in [3.8, 4) is 5.75 Å². The maximum absolute atomic E-state index is 11.8. The third-order valence-electron chi connectivity index (χ3n) is 2.50. The SMILES string of the molecule is CC(C)(C)NC(=O)COc1ccc(Cl)cc1CNCCO. The molecule has 1 amide bonds. The van der Waals surface area contributed by atoms with E-state index < -0.39 is 0 Å². The molecule has 0 radical (unpaired) electrons. The van der Waals surface area contributed by atoms with E-state index in [1.165, 1.54) is 0 Å². The zero-order chi connectivity index (χ0) is 15.9. The molecule has 0 saturated heterocycles. The van der Waals surface area contributed by atoms with E-state index in [2.05, 4.69) is 10.6 Å². The monoisotopic (exact) mass is 314 g/mol. The molecule has 0 unspecified atom stereocenters. The maximum atomic E-state index is 11.8. The van der Waals surface area contributed by atoms with Crippen molar-refractivity contribution in [2.45, 2.75) is 32.9 Å². The molecule has 1 rings (SSSR count). The van der Waals surface area contributed by atoms with Gasteiger partial charge in [0.1, 0.15) is 5.75 Å². The smallest absolute Gasteiger partial charge is 0.258 e. The number of carbonyl (C=O) groups excluding carboxylic acids is 1. The van der Waals surface area contributed by atoms with Crippen LogP contribution in [0.5, 0.6) is 5.75 Å². The lowest BCUT2D eigenvalue weighted by molar-refractivity contribution is -0.124. The quantitative estimate of drug-likeness (QED) is 0.670. The fourth-order valence-corrected chi connectivity index (χ4v) is 1.92. The lowest BCUT2D eigenvalue weighted by Gasteiger charge is -2.21. The van der Waals surface area contributed by atoms with Gasteiger partial charge in [-0.25, -0.2) is 0 Å². The van der Waals surface area contributed by atoms with Crippen LogP contribution in [0.3, 0.4) is 0 Å². The molecule has 0 aliphatic rings. The Labute approximate surface area is 130 Å². The van der Waals surface area contributed by atoms with Crippen molar-refractivity contribution in [1.82, 2.24) is 10.6 Å². The molecule has 0 spiro atoms. The van der Waals surface area contributed by atoms with Crippen LogP contribution < -0.4 is 15.4 Å². The van der Waals surface area contributed by atoms with Crippen molar-refractivity contribution < 1.29 is 14.6 Å². The summed E-state index contributed by atoms with van der Waals surface area (Å²) in [6.45, 7) is 6.75. The zero-order valence-electron chi connectivity index (χ0n) is 12.7. The summed E-state index contributed by atoms with van der Waals surface area (Å²) in [5.74, 6) is 0.431. The van der Waals surface area contributed by atoms with Gasteiger partial charge in [0.05, 0.1) is 6.61 Å². The highest BCUT2D eigenvalue weighted by Gasteiger charge is 2.14. The third kappa shape index (κ3) is 7.32. The van der Waals surface area contributed by atoms with Gasteiger partial charge in [0.25, 0.3) is 5.91 Å². The number of aliphatic hydroxyl groups excluding tert-OH is 1. The molecule has 0 aromatic heterocycles. The summed E-state index contributed by atoms with van der Waals surface area (Å²) in [5, 5.41) is 15.3. The first-order valence-electron chi connectivity index (χ1n) is 6.85. The van der Waals surface area contributed by atoms with E-state index in [1.54, 1.807) is 18.2 Å². The molecule has 1 aromatic carbocycles. The molecule has 118 valence electrons. The van der Waals surface area contributed by atoms with Gasteiger partial charge in [-0.05, 0) is 39.0 Å². The normalized spacial score (nSPS) is 11.3. The predicted octanol–water partition coefficient (Wildman–Crippen LogP) is 1.72. The molecule has 0 atom stereocenters. The largest absolute Gasteiger partial charge is 0.483 e. The standard InChI is InChI=1S/C15H23ClN2O3/c1-15(2,3)18-14(20)10-21-13-5-4-12(16)8-11(13)9-17-6-7-19/h4-5,8,17,19H,6-7,9-10H2,1-3H3,(H,18,20). The summed E-state index contributed by atoms with van der Waals surface area (Å²) in [4.78, 5) is 11.8. The number of hydrogen-bond acceptors (Lipinski definition) is 4. The highest BCUT2D eigenvalue weighted by atomic mass is 35.5. The number of hydrogen-bond donors (Lipinski definition) is 3. The molecule has 0 saturated carbocycles. The van der Waals surface area contributed by atoms with E-state index >= 15 is 0 Å². The lowest BCUT2D eigenvalue weighted by atomic mass is 10.1. The molecule has 1 aromatic rings. The van der Waals surface area contributed by atoms with Gasteiger partial charge < -0.3 is 20.5 Å². The lowest BCUT2D eigenvalue weighted by Crippen LogP contribution is -2.43. The van der Waals surface area contributed by atoms with Gasteiger partial charge in [0.2, 0.25) is 0 Å². The molecule has 21 heavy (non-hydrogen) atoms. The van der Waals surface area contributed by atoms with Gasteiger partial charge in [-0.1, -0.05) is 11.6 Å². The topological polar surface area (TPSA) is 70.6 Å². The number of halogens is 1. The van der Waals surface area contributed by atoms with Crippen molar-refractivity contribution in [3.63, 3.8) is 0 Å². The Morgan fingerprint density at radius 3 is 2.71 bits per heavy atom. The van der Waals surface area contributed by atoms with Gasteiger partial charge >= 0.3 is 0 Å². The number of carbonyl (C=O) groups is 1. The summed E-state index contributed by atoms with van der Waals surface area (Å²) in [6, 6.07) is 5.24. The number of rotatable bonds is 7. The Hall–Kier alpha value is -1.30. The molecule has 0 heterocycles. The van der Waals surface area contributed by atoms with Crippen LogP contribution in [0, 0.1) is 0 Å². The first-order chi connectivity index (χ1) is 9.81. The summed E-state index contributed by atoms with van der Waals surface area (Å²) >= 11 is 5.97. The Kier molecular flexibility index (Phi) is 6.95. The number of aliphatic hydroxyl groups is 1. The molecule has 5 nitrogen and oxygen atoms in total. The predicted molar refractivity (Wildman–Crippen MR) is 83.6 cm³/mol. The molecule has 0 aliphatic heterocycles. The molecule has 3 N–H and O–H groups in total. The van der Waals surface area contributed by atoms with Crippen molar-refractivity contribution in [1.29, 1.82) is 0 Å². The van der Waals surface area contributed by atoms with E-state index in [-0.39, 0.29) is 24.7 Å². The van der Waals surface area contributed by atoms with Crippen LogP contribution in [0.4, 0.5) is 0 Å². The van der Waals surface area contributed by atoms with Crippen LogP contribution in [0.15, 0.2) is 18.2 Å². The van der Waals surface area contributed by atoms with E-state index in [1.807, 2.05) is 20.8 Å². The third-order valence-corrected chi connectivity index (χ3v) is 2.73. The van der Waals surface area contributed by atoms with Gasteiger partial charge in [-0.15, -0.1) is 0 Å². The van der Waals surface area contributed by atoms with Crippen molar-refractivity contribution in [2.24, 2.45) is 0 Å². The van der Waals surface area contributed by atoms with Crippen LogP contribution >= 0.6 is 11.6 Å². The molecule has 0 bridgehead atoms. The zero-order valence-corrected chi connectivity index (χ0v) is 13.5. The van der Waals surface area contributed by atoms with Gasteiger partial charge in [0.15, 0.2) is 6.61 Å². The van der Waals surface area contributed by atoms with Gasteiger partial charge in [-0.3, -0.25) is 4.79 Å². The minimum absolute atomic E-state index is 0.0497. The average molecular weight is 315 g/mol. The molecule has 0 aliphatic carbocycles. The van der Waals surface area contributed by atoms with Crippen LogP contribution in [-0.4, -0.2) is 36.3 Å². The van der Waals surface area contributed by atoms with Gasteiger partial charge in [-0.2, -0.15) is 0 Å². The van der Waals surface area contributed by atoms with Crippen LogP contribution in [-0.2, 0) is 11.3 Å². The Morgan fingerprint density at radius 1 is 1.38 bits per heavy atom. The van der Waals surface area contributed by atoms with Crippen molar-refractivity contribution >= 4 is 17.5 Å². The maximum Gasteiger partial charge on any atom is 0.258 e. The van der Waals surface area contributed by atoms with Crippen LogP contribution in [0.25, 0.3) is 0 Å². The average Bonchev–Trinajstić information content (AvgIpc) is 2.36. The summed E-state index contributed by atoms with van der Waals surface area (Å²) < 4.78 is 5.56. The van der Waals surface area contributed by atoms with Crippen molar-refractivity contribution in [2.75, 3.05) is 19.8 Å². The minimum atomic E-state index is -0.286. The highest BCUT2D eigenvalue weighted by Crippen LogP contribution is 2.22. The Balaban J connectivity index is 2.63. The minimum Gasteiger partial charge on any atom is -0.483 e. The van der Waals surface area contributed by atoms with E-state index in [0.717, 1.165) is 5.56 Å². The fraction of sp³-hybridized carbons (Fsp3) is 0.533. The summed E-state index contributed by atoms with van der Waals surface area (Å²) in [5.41, 5.74) is 0.561. The van der Waals surface area contributed by atoms with Crippen LogP contribution in [0.2, 0.25) is 5.02 Å². The van der Waals surface area contributed by atoms with E-state index in [9.17, 15) is 4.79 Å². The van der Waals surface area contributed by atoms with Crippen molar-refractivity contribution in [3.05, 3.63) is 28.8 Å². The van der Waals surface area contributed by atoms with E-state index in [4.69, 9.17) is 21.4 Å². The number of amides is 1. The molecule has 0 fully saturated rings. The first kappa shape index (κ1) is 17.8. The van der Waals surface area contributed by atoms with E-state index in [0.29, 0.717) is 23.9 Å². The number of nitrogens with one attached hydrogen (secondary N) is 2. The number of ether oxygens (including phenoxy) is 1. The fourth-order valence-electron chi connectivity index (χ4n) is 1.73. The summed E-state index contributed by atoms with van der Waals surface area (Å²) in [6.07, 6.45) is 0. The second kappa shape index (κ2) is 8.22. The van der Waals surface area contributed by atoms with Crippen LogP contribution in [0.1, 0.15) is 26.3 Å². The first-order valence-corrected chi connectivity index (χ1v) is 7.23. The second-order valence-corrected chi connectivity index (χ2v) is 6.18. The number of benzene rings is 1. The summed E-state index contributed by atoms with van der Waals surface area (Å²) in [7, 11) is 0. The Morgan fingerprint density at radius 2 is 2.10 bits per heavy atom. The second-order valence-electron chi connectivity index (χ2n) is 5.74. The Bertz CT molecular complexity index is 472. The molecular formula is C15H23ClN2O3.